The molecule has 0 fully saturated rings. The van der Waals surface area contributed by atoms with Crippen molar-refractivity contribution in [3.63, 3.8) is 0 Å². The van der Waals surface area contributed by atoms with Gasteiger partial charge in [-0.1, -0.05) is 31.3 Å². The summed E-state index contributed by atoms with van der Waals surface area (Å²) in [7, 11) is 2.07. The van der Waals surface area contributed by atoms with E-state index in [9.17, 15) is 4.39 Å². The van der Waals surface area contributed by atoms with E-state index in [2.05, 4.69) is 30.7 Å². The average Bonchev–Trinajstić information content (AvgIpc) is 2.40. The van der Waals surface area contributed by atoms with Crippen LogP contribution in [0.15, 0.2) is 18.2 Å². The van der Waals surface area contributed by atoms with Gasteiger partial charge in [-0.2, -0.15) is 0 Å². The first-order valence-corrected chi connectivity index (χ1v) is 6.74. The van der Waals surface area contributed by atoms with Crippen molar-refractivity contribution in [2.75, 3.05) is 20.2 Å². The second kappa shape index (κ2) is 8.68. The summed E-state index contributed by atoms with van der Waals surface area (Å²) in [5.41, 5.74) is 1.48. The Labute approximate surface area is 115 Å². The molecule has 0 heterocycles. The van der Waals surface area contributed by atoms with Gasteiger partial charge in [-0.05, 0) is 37.7 Å². The Morgan fingerprint density at radius 2 is 2.16 bits per heavy atom. The molecule has 0 unspecified atom stereocenters. The molecule has 0 saturated carbocycles. The van der Waals surface area contributed by atoms with Gasteiger partial charge in [0.15, 0.2) is 0 Å². The molecule has 1 N–H and O–H groups in total. The Bertz CT molecular complexity index is 448. The van der Waals surface area contributed by atoms with Crippen LogP contribution in [-0.2, 0) is 6.54 Å². The average molecular weight is 263 g/mol. The summed E-state index contributed by atoms with van der Waals surface area (Å²) in [5.74, 6) is 5.22. The highest BCUT2D eigenvalue weighted by atomic mass is 19.1. The molecule has 0 aliphatic heterocycles. The molecule has 0 aliphatic carbocycles. The maximum Gasteiger partial charge on any atom is 0.138 e. The van der Waals surface area contributed by atoms with Gasteiger partial charge >= 0.3 is 0 Å². The Kier molecular flexibility index (Phi) is 7.17. The van der Waals surface area contributed by atoms with Crippen LogP contribution in [-0.4, -0.2) is 30.2 Å². The second-order valence-electron chi connectivity index (χ2n) is 4.68. The van der Waals surface area contributed by atoms with Crippen LogP contribution in [0.3, 0.4) is 0 Å². The number of rotatable bonds is 6. The minimum absolute atomic E-state index is 0.00800. The number of nitrogens with zero attached hydrogens (tertiary/aromatic N) is 1. The van der Waals surface area contributed by atoms with Crippen LogP contribution in [0.4, 0.5) is 4.39 Å². The van der Waals surface area contributed by atoms with E-state index in [4.69, 9.17) is 5.11 Å². The minimum atomic E-state index is -0.301. The lowest BCUT2D eigenvalue weighted by Crippen LogP contribution is -2.19. The second-order valence-corrected chi connectivity index (χ2v) is 4.68. The number of halogens is 1. The minimum Gasteiger partial charge on any atom is -0.395 e. The van der Waals surface area contributed by atoms with E-state index < -0.39 is 0 Å². The van der Waals surface area contributed by atoms with Crippen molar-refractivity contribution in [1.82, 2.24) is 4.90 Å². The normalized spacial score (nSPS) is 10.4. The number of hydrogen-bond acceptors (Lipinski definition) is 2. The third kappa shape index (κ3) is 5.87. The molecule has 0 spiro atoms. The van der Waals surface area contributed by atoms with Crippen LogP contribution in [0.1, 0.15) is 37.3 Å². The maximum atomic E-state index is 13.6. The molecule has 3 heteroatoms. The quantitative estimate of drug-likeness (QED) is 0.798. The maximum absolute atomic E-state index is 13.6. The largest absolute Gasteiger partial charge is 0.395 e. The summed E-state index contributed by atoms with van der Waals surface area (Å²) in [4.78, 5) is 2.22. The van der Waals surface area contributed by atoms with Crippen molar-refractivity contribution in [3.05, 3.63) is 35.1 Å². The Balaban J connectivity index is 2.70. The molecule has 1 aromatic rings. The van der Waals surface area contributed by atoms with E-state index in [-0.39, 0.29) is 12.4 Å². The summed E-state index contributed by atoms with van der Waals surface area (Å²) < 4.78 is 13.6. The Hall–Kier alpha value is -1.37. The molecule has 104 valence electrons. The number of benzene rings is 1. The predicted molar refractivity (Wildman–Crippen MR) is 76.2 cm³/mol. The fraction of sp³-hybridized carbons (Fsp3) is 0.500. The molecule has 19 heavy (non-hydrogen) atoms. The van der Waals surface area contributed by atoms with Crippen LogP contribution >= 0.6 is 0 Å². The zero-order valence-corrected chi connectivity index (χ0v) is 11.7. The van der Waals surface area contributed by atoms with Crippen molar-refractivity contribution in [2.45, 2.75) is 32.7 Å². The van der Waals surface area contributed by atoms with Crippen molar-refractivity contribution >= 4 is 0 Å². The van der Waals surface area contributed by atoms with E-state index >= 15 is 0 Å². The van der Waals surface area contributed by atoms with E-state index in [1.54, 1.807) is 12.1 Å². The number of aliphatic hydroxyl groups excluding tert-OH is 1. The summed E-state index contributed by atoms with van der Waals surface area (Å²) in [5, 5.41) is 8.67. The van der Waals surface area contributed by atoms with Gasteiger partial charge in [0.05, 0.1) is 12.2 Å². The molecular weight excluding hydrogens is 241 g/mol. The zero-order valence-electron chi connectivity index (χ0n) is 11.7. The molecule has 1 rings (SSSR count). The first-order chi connectivity index (χ1) is 9.17. The molecule has 0 amide bonds. The highest BCUT2D eigenvalue weighted by Crippen LogP contribution is 2.11. The van der Waals surface area contributed by atoms with Crippen LogP contribution in [0.2, 0.25) is 0 Å². The standard InChI is InChI=1S/C16H22FNO/c1-3-4-10-18(2)13-14-8-9-16(17)15(12-14)7-5-6-11-19/h8-9,12,19H,3-4,6,10-11,13H2,1-2H3. The van der Waals surface area contributed by atoms with Gasteiger partial charge < -0.3 is 10.0 Å². The lowest BCUT2D eigenvalue weighted by atomic mass is 10.1. The highest BCUT2D eigenvalue weighted by Gasteiger charge is 2.04. The predicted octanol–water partition coefficient (Wildman–Crippen LogP) is 2.79. The molecule has 0 atom stereocenters. The molecule has 0 radical (unpaired) electrons. The van der Waals surface area contributed by atoms with Gasteiger partial charge in [0.25, 0.3) is 0 Å². The fourth-order valence-electron chi connectivity index (χ4n) is 1.80. The van der Waals surface area contributed by atoms with Crippen molar-refractivity contribution in [1.29, 1.82) is 0 Å². The van der Waals surface area contributed by atoms with Crippen LogP contribution in [0.5, 0.6) is 0 Å². The molecule has 0 aromatic heterocycles. The van der Waals surface area contributed by atoms with Crippen LogP contribution in [0, 0.1) is 17.7 Å². The first kappa shape index (κ1) is 15.7. The molecule has 2 nitrogen and oxygen atoms in total. The van der Waals surface area contributed by atoms with Gasteiger partial charge in [0.2, 0.25) is 0 Å². The van der Waals surface area contributed by atoms with Gasteiger partial charge in [0.1, 0.15) is 5.82 Å². The number of hydrogen-bond donors (Lipinski definition) is 1. The van der Waals surface area contributed by atoms with Crippen LogP contribution in [0.25, 0.3) is 0 Å². The molecule has 0 saturated heterocycles. The topological polar surface area (TPSA) is 23.5 Å². The third-order valence-corrected chi connectivity index (χ3v) is 2.84. The molecular formula is C16H22FNO. The Morgan fingerprint density at radius 1 is 1.37 bits per heavy atom. The fourth-order valence-corrected chi connectivity index (χ4v) is 1.80. The lowest BCUT2D eigenvalue weighted by Gasteiger charge is -2.16. The van der Waals surface area contributed by atoms with Crippen molar-refractivity contribution in [2.24, 2.45) is 0 Å². The molecule has 0 aliphatic rings. The number of unbranched alkanes of at least 4 members (excludes halogenated alkanes) is 1. The van der Waals surface area contributed by atoms with E-state index in [1.165, 1.54) is 18.9 Å². The zero-order chi connectivity index (χ0) is 14.1. The lowest BCUT2D eigenvalue weighted by molar-refractivity contribution is 0.305. The van der Waals surface area contributed by atoms with E-state index in [0.717, 1.165) is 18.7 Å². The summed E-state index contributed by atoms with van der Waals surface area (Å²) in [6.07, 6.45) is 2.71. The van der Waals surface area contributed by atoms with Crippen LogP contribution < -0.4 is 0 Å². The first-order valence-electron chi connectivity index (χ1n) is 6.74. The molecule has 0 bridgehead atoms. The van der Waals surface area contributed by atoms with Crippen molar-refractivity contribution < 1.29 is 9.50 Å². The smallest absolute Gasteiger partial charge is 0.138 e. The SMILES string of the molecule is CCCCN(C)Cc1ccc(F)c(C#CCCO)c1. The molecule has 1 aromatic carbocycles. The van der Waals surface area contributed by atoms with Gasteiger partial charge in [-0.15, -0.1) is 0 Å². The highest BCUT2D eigenvalue weighted by molar-refractivity contribution is 5.38. The summed E-state index contributed by atoms with van der Waals surface area (Å²) in [6, 6.07) is 5.06. The van der Waals surface area contributed by atoms with Gasteiger partial charge in [0, 0.05) is 13.0 Å². The monoisotopic (exact) mass is 263 g/mol. The van der Waals surface area contributed by atoms with E-state index in [0.29, 0.717) is 12.0 Å². The number of aliphatic hydroxyl groups is 1. The van der Waals surface area contributed by atoms with Gasteiger partial charge in [-0.25, -0.2) is 4.39 Å². The van der Waals surface area contributed by atoms with Gasteiger partial charge in [-0.3, -0.25) is 0 Å². The summed E-state index contributed by atoms with van der Waals surface area (Å²) >= 11 is 0. The third-order valence-electron chi connectivity index (χ3n) is 2.84. The van der Waals surface area contributed by atoms with Crippen molar-refractivity contribution in [3.8, 4) is 11.8 Å². The Morgan fingerprint density at radius 3 is 2.84 bits per heavy atom. The summed E-state index contributed by atoms with van der Waals surface area (Å²) in [6.45, 7) is 4.02. The van der Waals surface area contributed by atoms with E-state index in [1.807, 2.05) is 0 Å².